The highest BCUT2D eigenvalue weighted by Gasteiger charge is 2.26. The number of hydrogen-bond acceptors (Lipinski definition) is 3. The summed E-state index contributed by atoms with van der Waals surface area (Å²) in [5, 5.41) is 11.8. The molecule has 1 saturated heterocycles. The van der Waals surface area contributed by atoms with Gasteiger partial charge in [-0.25, -0.2) is 9.78 Å². The highest BCUT2D eigenvalue weighted by Crippen LogP contribution is 2.25. The van der Waals surface area contributed by atoms with Crippen molar-refractivity contribution in [2.75, 3.05) is 6.54 Å². The number of fused-ring (bicyclic) bond motifs is 1. The Bertz CT molecular complexity index is 690. The Labute approximate surface area is 109 Å². The Morgan fingerprint density at radius 3 is 2.95 bits per heavy atom. The van der Waals surface area contributed by atoms with Gasteiger partial charge in [-0.15, -0.1) is 0 Å². The third-order valence-corrected chi connectivity index (χ3v) is 3.43. The van der Waals surface area contributed by atoms with Gasteiger partial charge in [-0.1, -0.05) is 0 Å². The fraction of sp³-hybridized carbons (Fsp3) is 0.308. The van der Waals surface area contributed by atoms with Crippen molar-refractivity contribution in [3.8, 4) is 0 Å². The molecule has 1 aliphatic rings. The first kappa shape index (κ1) is 11.7. The Morgan fingerprint density at radius 1 is 1.53 bits per heavy atom. The molecule has 1 amide bonds. The lowest BCUT2D eigenvalue weighted by atomic mass is 10.2. The molecule has 6 heteroatoms. The van der Waals surface area contributed by atoms with Gasteiger partial charge >= 0.3 is 5.97 Å². The number of aromatic carboxylic acids is 1. The number of benzene rings is 1. The highest BCUT2D eigenvalue weighted by atomic mass is 16.4. The fourth-order valence-corrected chi connectivity index (χ4v) is 2.59. The summed E-state index contributed by atoms with van der Waals surface area (Å²) in [6, 6.07) is 4.92. The van der Waals surface area contributed by atoms with E-state index in [1.54, 1.807) is 18.2 Å². The number of nitrogens with zero attached hydrogens (tertiary/aromatic N) is 2. The molecule has 0 radical (unpaired) electrons. The third-order valence-electron chi connectivity index (χ3n) is 3.43. The summed E-state index contributed by atoms with van der Waals surface area (Å²) >= 11 is 0. The number of aryl methyl sites for hydroxylation is 1. The van der Waals surface area contributed by atoms with Gasteiger partial charge in [0.1, 0.15) is 5.82 Å². The number of carbonyl (C=O) groups excluding carboxylic acids is 1. The number of rotatable bonds is 2. The zero-order valence-corrected chi connectivity index (χ0v) is 10.4. The smallest absolute Gasteiger partial charge is 0.335 e. The minimum atomic E-state index is -0.966. The van der Waals surface area contributed by atoms with E-state index in [0.717, 1.165) is 11.3 Å². The molecule has 1 aliphatic heterocycles. The zero-order chi connectivity index (χ0) is 13.6. The SMILES string of the molecule is Cc1nc2cc(C(=O)O)ccc2n1C1CNC(=O)C1. The standard InChI is InChI=1S/C13H13N3O3/c1-7-15-10-4-8(13(18)19)2-3-11(10)16(7)9-5-12(17)14-6-9/h2-4,9H,5-6H2,1H3,(H,14,17)(H,18,19). The van der Waals surface area contributed by atoms with Crippen LogP contribution in [-0.2, 0) is 4.79 Å². The molecule has 2 N–H and O–H groups in total. The molecule has 0 bridgehead atoms. The quantitative estimate of drug-likeness (QED) is 0.846. The molecule has 1 fully saturated rings. The molecule has 0 spiro atoms. The molecule has 3 rings (SSSR count). The second kappa shape index (κ2) is 4.08. The Kier molecular flexibility index (Phi) is 2.51. The van der Waals surface area contributed by atoms with Crippen LogP contribution in [0.1, 0.15) is 28.6 Å². The monoisotopic (exact) mass is 259 g/mol. The van der Waals surface area contributed by atoms with E-state index in [-0.39, 0.29) is 17.5 Å². The van der Waals surface area contributed by atoms with Crippen LogP contribution >= 0.6 is 0 Å². The summed E-state index contributed by atoms with van der Waals surface area (Å²) in [5.41, 5.74) is 1.73. The molecule has 2 heterocycles. The van der Waals surface area contributed by atoms with E-state index in [2.05, 4.69) is 10.3 Å². The fourth-order valence-electron chi connectivity index (χ4n) is 2.59. The summed E-state index contributed by atoms with van der Waals surface area (Å²) in [6.07, 6.45) is 0.437. The van der Waals surface area contributed by atoms with Gasteiger partial charge in [-0.3, -0.25) is 4.79 Å². The summed E-state index contributed by atoms with van der Waals surface area (Å²) in [7, 11) is 0. The van der Waals surface area contributed by atoms with Gasteiger partial charge in [0.25, 0.3) is 0 Å². The lowest BCUT2D eigenvalue weighted by molar-refractivity contribution is -0.119. The maximum atomic E-state index is 11.3. The van der Waals surface area contributed by atoms with E-state index in [1.165, 1.54) is 0 Å². The van der Waals surface area contributed by atoms with E-state index in [1.807, 2.05) is 11.5 Å². The van der Waals surface area contributed by atoms with E-state index in [9.17, 15) is 9.59 Å². The van der Waals surface area contributed by atoms with Gasteiger partial charge in [0.2, 0.25) is 5.91 Å². The van der Waals surface area contributed by atoms with Gasteiger partial charge in [0, 0.05) is 13.0 Å². The Hall–Kier alpha value is -2.37. The summed E-state index contributed by atoms with van der Waals surface area (Å²) in [4.78, 5) is 26.6. The van der Waals surface area contributed by atoms with Gasteiger partial charge < -0.3 is 15.0 Å². The van der Waals surface area contributed by atoms with Gasteiger partial charge in [-0.05, 0) is 25.1 Å². The predicted octanol–water partition coefficient (Wildman–Crippen LogP) is 1.10. The average Bonchev–Trinajstić information content (AvgIpc) is 2.90. The van der Waals surface area contributed by atoms with Crippen LogP contribution in [0.25, 0.3) is 11.0 Å². The van der Waals surface area contributed by atoms with Crippen LogP contribution in [-0.4, -0.2) is 33.1 Å². The number of aromatic nitrogens is 2. The van der Waals surface area contributed by atoms with Crippen molar-refractivity contribution in [3.63, 3.8) is 0 Å². The van der Waals surface area contributed by atoms with Crippen molar-refractivity contribution in [2.24, 2.45) is 0 Å². The molecule has 2 aromatic rings. The molecular weight excluding hydrogens is 246 g/mol. The second-order valence-corrected chi connectivity index (χ2v) is 4.70. The van der Waals surface area contributed by atoms with Crippen LogP contribution in [0.4, 0.5) is 0 Å². The van der Waals surface area contributed by atoms with Crippen molar-refractivity contribution in [1.29, 1.82) is 0 Å². The first-order valence-electron chi connectivity index (χ1n) is 6.05. The molecule has 98 valence electrons. The number of amides is 1. The number of carbonyl (C=O) groups is 2. The normalized spacial score (nSPS) is 18.8. The number of nitrogens with one attached hydrogen (secondary N) is 1. The zero-order valence-electron chi connectivity index (χ0n) is 10.4. The highest BCUT2D eigenvalue weighted by molar-refractivity contribution is 5.92. The molecule has 6 nitrogen and oxygen atoms in total. The van der Waals surface area contributed by atoms with Crippen LogP contribution in [0, 0.1) is 6.92 Å². The molecule has 1 aromatic heterocycles. The lowest BCUT2D eigenvalue weighted by Crippen LogP contribution is -2.16. The van der Waals surface area contributed by atoms with E-state index >= 15 is 0 Å². The largest absolute Gasteiger partial charge is 0.478 e. The molecular formula is C13H13N3O3. The average molecular weight is 259 g/mol. The molecule has 1 atom stereocenters. The molecule has 19 heavy (non-hydrogen) atoms. The van der Waals surface area contributed by atoms with Gasteiger partial charge in [0.15, 0.2) is 0 Å². The van der Waals surface area contributed by atoms with E-state index in [4.69, 9.17) is 5.11 Å². The van der Waals surface area contributed by atoms with E-state index in [0.29, 0.717) is 18.5 Å². The number of carboxylic acids is 1. The number of carboxylic acid groups (broad SMARTS) is 1. The van der Waals surface area contributed by atoms with E-state index < -0.39 is 5.97 Å². The van der Waals surface area contributed by atoms with Crippen LogP contribution in [0.5, 0.6) is 0 Å². The van der Waals surface area contributed by atoms with Crippen molar-refractivity contribution in [2.45, 2.75) is 19.4 Å². The minimum absolute atomic E-state index is 0.0356. The number of imidazole rings is 1. The molecule has 1 aromatic carbocycles. The van der Waals surface area contributed by atoms with Crippen LogP contribution in [0.3, 0.4) is 0 Å². The van der Waals surface area contributed by atoms with Crippen molar-refractivity contribution in [1.82, 2.24) is 14.9 Å². The summed E-state index contributed by atoms with van der Waals surface area (Å²) in [6.45, 7) is 2.45. The van der Waals surface area contributed by atoms with Crippen molar-refractivity contribution >= 4 is 22.9 Å². The third kappa shape index (κ3) is 1.85. The van der Waals surface area contributed by atoms with Crippen molar-refractivity contribution < 1.29 is 14.7 Å². The maximum Gasteiger partial charge on any atom is 0.335 e. The lowest BCUT2D eigenvalue weighted by Gasteiger charge is -2.12. The van der Waals surface area contributed by atoms with Crippen LogP contribution in [0.15, 0.2) is 18.2 Å². The topological polar surface area (TPSA) is 84.2 Å². The van der Waals surface area contributed by atoms with Crippen molar-refractivity contribution in [3.05, 3.63) is 29.6 Å². The Balaban J connectivity index is 2.12. The number of hydrogen-bond donors (Lipinski definition) is 2. The molecule has 0 aliphatic carbocycles. The molecule has 0 saturated carbocycles. The summed E-state index contributed by atoms with van der Waals surface area (Å²) in [5.74, 6) is -0.140. The first-order valence-corrected chi connectivity index (χ1v) is 6.05. The summed E-state index contributed by atoms with van der Waals surface area (Å²) < 4.78 is 2.00. The first-order chi connectivity index (χ1) is 9.06. The maximum absolute atomic E-state index is 11.3. The molecule has 1 unspecified atom stereocenters. The Morgan fingerprint density at radius 2 is 2.32 bits per heavy atom. The minimum Gasteiger partial charge on any atom is -0.478 e. The van der Waals surface area contributed by atoms with Gasteiger partial charge in [-0.2, -0.15) is 0 Å². The predicted molar refractivity (Wildman–Crippen MR) is 68.1 cm³/mol. The van der Waals surface area contributed by atoms with Gasteiger partial charge in [0.05, 0.1) is 22.6 Å². The second-order valence-electron chi connectivity index (χ2n) is 4.70. The van der Waals surface area contributed by atoms with Crippen LogP contribution in [0.2, 0.25) is 0 Å². The van der Waals surface area contributed by atoms with Crippen LogP contribution < -0.4 is 5.32 Å².